The predicted octanol–water partition coefficient (Wildman–Crippen LogP) is 0.515. The molecular weight excluding hydrogens is 266 g/mol. The van der Waals surface area contributed by atoms with Crippen LogP contribution in [0.4, 0.5) is 0 Å². The number of nitrogens with two attached hydrogens (primary N) is 1. The van der Waals surface area contributed by atoms with E-state index in [0.29, 0.717) is 6.54 Å². The first-order valence-electron chi connectivity index (χ1n) is 7.09. The van der Waals surface area contributed by atoms with Crippen molar-refractivity contribution in [3.63, 3.8) is 0 Å². The van der Waals surface area contributed by atoms with Gasteiger partial charge in [0.05, 0.1) is 18.8 Å². The molecule has 1 saturated heterocycles. The summed E-state index contributed by atoms with van der Waals surface area (Å²) in [6, 6.07) is 0.396. The number of hydrogen-bond donors (Lipinski definition) is 2. The van der Waals surface area contributed by atoms with E-state index >= 15 is 0 Å². The number of carbonyl (C=O) groups excluding carboxylic acids is 1. The smallest absolute Gasteiger partial charge is 0.237 e. The largest absolute Gasteiger partial charge is 0.374 e. The van der Waals surface area contributed by atoms with Gasteiger partial charge in [-0.15, -0.1) is 12.4 Å². The SMILES string of the molecule is CCCC(N)C(=O)NCC1CN(C2CC2)CCO1.Cl. The highest BCUT2D eigenvalue weighted by molar-refractivity contribution is 5.85. The van der Waals surface area contributed by atoms with Gasteiger partial charge in [-0.05, 0) is 19.3 Å². The molecule has 0 aromatic rings. The van der Waals surface area contributed by atoms with E-state index in [2.05, 4.69) is 10.2 Å². The van der Waals surface area contributed by atoms with Crippen molar-refractivity contribution < 1.29 is 9.53 Å². The number of rotatable bonds is 6. The second kappa shape index (κ2) is 8.04. The standard InChI is InChI=1S/C13H25N3O2.ClH/c1-2-3-12(14)13(17)15-8-11-9-16(6-7-18-11)10-4-5-10;/h10-12H,2-9,14H2,1H3,(H,15,17);1H. The molecule has 2 rings (SSSR count). The van der Waals surface area contributed by atoms with Crippen LogP contribution >= 0.6 is 12.4 Å². The highest BCUT2D eigenvalue weighted by Crippen LogP contribution is 2.27. The normalized spacial score (nSPS) is 25.5. The minimum Gasteiger partial charge on any atom is -0.374 e. The van der Waals surface area contributed by atoms with Crippen molar-refractivity contribution in [2.75, 3.05) is 26.2 Å². The van der Waals surface area contributed by atoms with Crippen molar-refractivity contribution >= 4 is 18.3 Å². The number of halogens is 1. The second-order valence-corrected chi connectivity index (χ2v) is 5.36. The van der Waals surface area contributed by atoms with Crippen LogP contribution in [0.5, 0.6) is 0 Å². The molecule has 1 saturated carbocycles. The van der Waals surface area contributed by atoms with E-state index in [0.717, 1.165) is 38.6 Å². The molecule has 3 N–H and O–H groups in total. The van der Waals surface area contributed by atoms with Crippen LogP contribution in [-0.2, 0) is 9.53 Å². The third-order valence-corrected chi connectivity index (χ3v) is 3.67. The molecule has 2 unspecified atom stereocenters. The molecule has 0 bridgehead atoms. The molecular formula is C13H26ClN3O2. The van der Waals surface area contributed by atoms with Gasteiger partial charge in [0.1, 0.15) is 0 Å². The number of carbonyl (C=O) groups is 1. The van der Waals surface area contributed by atoms with Crippen LogP contribution in [0.1, 0.15) is 32.6 Å². The molecule has 1 amide bonds. The zero-order valence-corrected chi connectivity index (χ0v) is 12.5. The highest BCUT2D eigenvalue weighted by atomic mass is 35.5. The fraction of sp³-hybridized carbons (Fsp3) is 0.923. The Morgan fingerprint density at radius 3 is 2.89 bits per heavy atom. The number of morpholine rings is 1. The van der Waals surface area contributed by atoms with Gasteiger partial charge in [0.15, 0.2) is 0 Å². The van der Waals surface area contributed by atoms with Gasteiger partial charge in [-0.3, -0.25) is 9.69 Å². The average molecular weight is 292 g/mol. The molecule has 6 heteroatoms. The van der Waals surface area contributed by atoms with Gasteiger partial charge in [-0.25, -0.2) is 0 Å². The van der Waals surface area contributed by atoms with Gasteiger partial charge in [0.25, 0.3) is 0 Å². The zero-order valence-electron chi connectivity index (χ0n) is 11.6. The lowest BCUT2D eigenvalue weighted by Crippen LogP contribution is -2.50. The van der Waals surface area contributed by atoms with Crippen LogP contribution in [0.3, 0.4) is 0 Å². The lowest BCUT2D eigenvalue weighted by Gasteiger charge is -2.33. The first-order valence-corrected chi connectivity index (χ1v) is 7.09. The molecule has 0 aromatic carbocycles. The van der Waals surface area contributed by atoms with Gasteiger partial charge >= 0.3 is 0 Å². The fourth-order valence-corrected chi connectivity index (χ4v) is 2.42. The summed E-state index contributed by atoms with van der Waals surface area (Å²) in [5.74, 6) is -0.0519. The van der Waals surface area contributed by atoms with Crippen LogP contribution < -0.4 is 11.1 Å². The molecule has 19 heavy (non-hydrogen) atoms. The maximum absolute atomic E-state index is 11.7. The molecule has 2 fully saturated rings. The molecule has 1 aliphatic carbocycles. The Hall–Kier alpha value is -0.360. The molecule has 112 valence electrons. The van der Waals surface area contributed by atoms with Crippen LogP contribution in [0.25, 0.3) is 0 Å². The lowest BCUT2D eigenvalue weighted by atomic mass is 10.1. The van der Waals surface area contributed by atoms with E-state index in [1.54, 1.807) is 0 Å². The summed E-state index contributed by atoms with van der Waals surface area (Å²) in [7, 11) is 0. The van der Waals surface area contributed by atoms with Crippen molar-refractivity contribution in [1.29, 1.82) is 0 Å². The van der Waals surface area contributed by atoms with Crippen molar-refractivity contribution in [3.05, 3.63) is 0 Å². The van der Waals surface area contributed by atoms with Gasteiger partial charge in [-0.1, -0.05) is 13.3 Å². The molecule has 5 nitrogen and oxygen atoms in total. The third-order valence-electron chi connectivity index (χ3n) is 3.67. The summed E-state index contributed by atoms with van der Waals surface area (Å²) in [6.07, 6.45) is 4.44. The van der Waals surface area contributed by atoms with Crippen LogP contribution in [0.15, 0.2) is 0 Å². The minimum atomic E-state index is -0.377. The molecule has 0 aromatic heterocycles. The number of nitrogens with zero attached hydrogens (tertiary/aromatic N) is 1. The summed E-state index contributed by atoms with van der Waals surface area (Å²) < 4.78 is 5.68. The Morgan fingerprint density at radius 2 is 2.26 bits per heavy atom. The number of ether oxygens (including phenoxy) is 1. The van der Waals surface area contributed by atoms with Crippen LogP contribution in [-0.4, -0.2) is 55.2 Å². The van der Waals surface area contributed by atoms with Crippen molar-refractivity contribution in [2.45, 2.75) is 50.8 Å². The van der Waals surface area contributed by atoms with Gasteiger partial charge < -0.3 is 15.8 Å². The Bertz CT molecular complexity index is 287. The van der Waals surface area contributed by atoms with Gasteiger partial charge in [-0.2, -0.15) is 0 Å². The topological polar surface area (TPSA) is 67.6 Å². The Morgan fingerprint density at radius 1 is 1.53 bits per heavy atom. The van der Waals surface area contributed by atoms with Crippen molar-refractivity contribution in [1.82, 2.24) is 10.2 Å². The summed E-state index contributed by atoms with van der Waals surface area (Å²) in [4.78, 5) is 14.2. The summed E-state index contributed by atoms with van der Waals surface area (Å²) in [6.45, 7) is 5.36. The average Bonchev–Trinajstić information content (AvgIpc) is 3.21. The third kappa shape index (κ3) is 5.26. The van der Waals surface area contributed by atoms with Crippen molar-refractivity contribution in [3.8, 4) is 0 Å². The molecule has 2 aliphatic rings. The predicted molar refractivity (Wildman–Crippen MR) is 77.5 cm³/mol. The Balaban J connectivity index is 0.00000180. The van der Waals surface area contributed by atoms with Crippen LogP contribution in [0.2, 0.25) is 0 Å². The van der Waals surface area contributed by atoms with E-state index in [9.17, 15) is 4.79 Å². The maximum atomic E-state index is 11.7. The molecule has 0 spiro atoms. The lowest BCUT2D eigenvalue weighted by molar-refractivity contribution is -0.123. The van der Waals surface area contributed by atoms with Crippen molar-refractivity contribution in [2.24, 2.45) is 5.73 Å². The number of amides is 1. The Kier molecular flexibility index (Phi) is 7.07. The second-order valence-electron chi connectivity index (χ2n) is 5.36. The monoisotopic (exact) mass is 291 g/mol. The van der Waals surface area contributed by atoms with E-state index in [4.69, 9.17) is 10.5 Å². The summed E-state index contributed by atoms with van der Waals surface area (Å²) in [5.41, 5.74) is 5.77. The summed E-state index contributed by atoms with van der Waals surface area (Å²) >= 11 is 0. The molecule has 0 radical (unpaired) electrons. The summed E-state index contributed by atoms with van der Waals surface area (Å²) in [5, 5.41) is 2.90. The maximum Gasteiger partial charge on any atom is 0.237 e. The van der Waals surface area contributed by atoms with E-state index < -0.39 is 0 Å². The first kappa shape index (κ1) is 16.7. The Labute approximate surface area is 121 Å². The van der Waals surface area contributed by atoms with E-state index in [1.807, 2.05) is 6.92 Å². The number of hydrogen-bond acceptors (Lipinski definition) is 4. The van der Waals surface area contributed by atoms with Gasteiger partial charge in [0, 0.05) is 25.7 Å². The fourth-order valence-electron chi connectivity index (χ4n) is 2.42. The highest BCUT2D eigenvalue weighted by Gasteiger charge is 2.33. The molecule has 1 heterocycles. The quantitative estimate of drug-likeness (QED) is 0.748. The van der Waals surface area contributed by atoms with E-state index in [-0.39, 0.29) is 30.5 Å². The first-order chi connectivity index (χ1) is 8.70. The number of nitrogens with one attached hydrogen (secondary N) is 1. The zero-order chi connectivity index (χ0) is 13.0. The van der Waals surface area contributed by atoms with Gasteiger partial charge in [0.2, 0.25) is 5.91 Å². The van der Waals surface area contributed by atoms with E-state index in [1.165, 1.54) is 12.8 Å². The minimum absolute atomic E-state index is 0. The molecule has 2 atom stereocenters. The molecule has 1 aliphatic heterocycles. The van der Waals surface area contributed by atoms with Crippen LogP contribution in [0, 0.1) is 0 Å².